The molecule has 0 aliphatic carbocycles. The van der Waals surface area contributed by atoms with Crippen molar-refractivity contribution in [3.8, 4) is 5.82 Å². The van der Waals surface area contributed by atoms with Gasteiger partial charge in [-0.25, -0.2) is 4.98 Å². The lowest BCUT2D eigenvalue weighted by atomic mass is 10.1. The van der Waals surface area contributed by atoms with Gasteiger partial charge in [0.2, 0.25) is 0 Å². The van der Waals surface area contributed by atoms with Crippen LogP contribution in [0, 0.1) is 0 Å². The van der Waals surface area contributed by atoms with E-state index in [9.17, 15) is 9.59 Å². The zero-order valence-corrected chi connectivity index (χ0v) is 14.6. The van der Waals surface area contributed by atoms with E-state index in [1.165, 1.54) is 4.57 Å². The molecule has 0 unspecified atom stereocenters. The number of hydrogen-bond donors (Lipinski definition) is 1. The molecule has 3 heterocycles. The monoisotopic (exact) mass is 358 g/mol. The number of benzene rings is 1. The van der Waals surface area contributed by atoms with Crippen LogP contribution in [0.2, 0.25) is 0 Å². The number of fused-ring (bicyclic) bond motifs is 1. The maximum Gasteiger partial charge on any atom is 0.264 e. The molecule has 0 saturated heterocycles. The summed E-state index contributed by atoms with van der Waals surface area (Å²) in [6.45, 7) is 1.17. The number of amides is 1. The number of hydrogen-bond acceptors (Lipinski definition) is 3. The van der Waals surface area contributed by atoms with Gasteiger partial charge < -0.3 is 9.88 Å². The third kappa shape index (κ3) is 3.37. The molecule has 0 aliphatic heterocycles. The van der Waals surface area contributed by atoms with Crippen molar-refractivity contribution in [2.45, 2.75) is 6.54 Å². The summed E-state index contributed by atoms with van der Waals surface area (Å²) in [5, 5.41) is 4.05. The van der Waals surface area contributed by atoms with Crippen LogP contribution < -0.4 is 10.9 Å². The normalized spacial score (nSPS) is 10.8. The minimum Gasteiger partial charge on any atom is -0.353 e. The molecular weight excluding hydrogens is 340 g/mol. The molecule has 1 amide bonds. The summed E-state index contributed by atoms with van der Waals surface area (Å²) in [5.41, 5.74) is 0.247. The highest BCUT2D eigenvalue weighted by Crippen LogP contribution is 2.17. The van der Waals surface area contributed by atoms with Crippen molar-refractivity contribution in [2.75, 3.05) is 6.54 Å². The van der Waals surface area contributed by atoms with Crippen molar-refractivity contribution in [1.29, 1.82) is 0 Å². The first-order valence-corrected chi connectivity index (χ1v) is 8.69. The predicted octanol–water partition coefficient (Wildman–Crippen LogP) is 2.62. The first-order chi connectivity index (χ1) is 13.2. The van der Waals surface area contributed by atoms with Gasteiger partial charge in [0.15, 0.2) is 0 Å². The summed E-state index contributed by atoms with van der Waals surface area (Å²) < 4.78 is 3.41. The van der Waals surface area contributed by atoms with Crippen molar-refractivity contribution in [3.05, 3.63) is 95.3 Å². The number of nitrogens with zero attached hydrogens (tertiary/aromatic N) is 3. The van der Waals surface area contributed by atoms with Crippen molar-refractivity contribution in [2.24, 2.45) is 0 Å². The number of rotatable bonds is 5. The maximum atomic E-state index is 12.9. The van der Waals surface area contributed by atoms with E-state index in [-0.39, 0.29) is 11.5 Å². The van der Waals surface area contributed by atoms with Gasteiger partial charge in [0.25, 0.3) is 11.5 Å². The van der Waals surface area contributed by atoms with Gasteiger partial charge in [0, 0.05) is 48.6 Å². The van der Waals surface area contributed by atoms with Crippen LogP contribution in [0.15, 0.2) is 84.2 Å². The van der Waals surface area contributed by atoms with E-state index in [1.807, 2.05) is 35.2 Å². The second-order valence-electron chi connectivity index (χ2n) is 6.13. The first kappa shape index (κ1) is 16.8. The zero-order valence-electron chi connectivity index (χ0n) is 14.6. The van der Waals surface area contributed by atoms with Gasteiger partial charge in [-0.15, -0.1) is 0 Å². The predicted molar refractivity (Wildman–Crippen MR) is 104 cm³/mol. The summed E-state index contributed by atoms with van der Waals surface area (Å²) in [5.74, 6) is 0.262. The molecular formula is C21H18N4O2. The van der Waals surface area contributed by atoms with Crippen LogP contribution in [0.25, 0.3) is 16.6 Å². The van der Waals surface area contributed by atoms with E-state index in [1.54, 1.807) is 48.8 Å². The minimum absolute atomic E-state index is 0.201. The van der Waals surface area contributed by atoms with Crippen molar-refractivity contribution in [1.82, 2.24) is 19.4 Å². The van der Waals surface area contributed by atoms with E-state index in [2.05, 4.69) is 10.3 Å². The average Bonchev–Trinajstić information content (AvgIpc) is 3.22. The van der Waals surface area contributed by atoms with Crippen LogP contribution in [0.4, 0.5) is 0 Å². The molecule has 4 aromatic rings. The molecule has 6 heteroatoms. The Morgan fingerprint density at radius 1 is 0.963 bits per heavy atom. The molecule has 6 nitrogen and oxygen atoms in total. The summed E-state index contributed by atoms with van der Waals surface area (Å²) >= 11 is 0. The molecule has 0 radical (unpaired) electrons. The Balaban J connectivity index is 1.71. The molecule has 0 aliphatic rings. The van der Waals surface area contributed by atoms with Crippen LogP contribution in [-0.4, -0.2) is 26.6 Å². The Morgan fingerprint density at radius 3 is 2.44 bits per heavy atom. The highest BCUT2D eigenvalue weighted by Gasteiger charge is 2.15. The van der Waals surface area contributed by atoms with Crippen LogP contribution >= 0.6 is 0 Å². The van der Waals surface area contributed by atoms with E-state index in [4.69, 9.17) is 0 Å². The van der Waals surface area contributed by atoms with Gasteiger partial charge in [-0.2, -0.15) is 0 Å². The van der Waals surface area contributed by atoms with Gasteiger partial charge in [-0.1, -0.05) is 24.3 Å². The zero-order chi connectivity index (χ0) is 18.6. The van der Waals surface area contributed by atoms with Crippen molar-refractivity contribution >= 4 is 16.7 Å². The number of pyridine rings is 2. The van der Waals surface area contributed by atoms with E-state index in [0.29, 0.717) is 35.2 Å². The Labute approximate surface area is 155 Å². The Kier molecular flexibility index (Phi) is 4.53. The molecule has 0 bridgehead atoms. The highest BCUT2D eigenvalue weighted by atomic mass is 16.2. The number of aromatic nitrogens is 3. The summed E-state index contributed by atoms with van der Waals surface area (Å²) in [4.78, 5) is 29.9. The summed E-state index contributed by atoms with van der Waals surface area (Å²) in [6.07, 6.45) is 7.08. The van der Waals surface area contributed by atoms with Crippen LogP contribution in [0.1, 0.15) is 10.4 Å². The first-order valence-electron chi connectivity index (χ1n) is 8.69. The molecule has 4 rings (SSSR count). The Hall–Kier alpha value is -3.67. The molecule has 0 atom stereocenters. The van der Waals surface area contributed by atoms with Gasteiger partial charge >= 0.3 is 0 Å². The summed E-state index contributed by atoms with van der Waals surface area (Å²) in [7, 11) is 0. The Morgan fingerprint density at radius 2 is 1.70 bits per heavy atom. The Bertz CT molecular complexity index is 1130. The van der Waals surface area contributed by atoms with Crippen molar-refractivity contribution in [3.63, 3.8) is 0 Å². The molecule has 0 saturated carbocycles. The third-order valence-corrected chi connectivity index (χ3v) is 4.39. The molecule has 1 N–H and O–H groups in total. The van der Waals surface area contributed by atoms with Gasteiger partial charge in [0.05, 0.1) is 5.56 Å². The summed E-state index contributed by atoms with van der Waals surface area (Å²) in [6, 6.07) is 16.4. The topological polar surface area (TPSA) is 68.9 Å². The smallest absolute Gasteiger partial charge is 0.264 e. The fourth-order valence-electron chi connectivity index (χ4n) is 3.05. The largest absolute Gasteiger partial charge is 0.353 e. The van der Waals surface area contributed by atoms with E-state index >= 15 is 0 Å². The second kappa shape index (κ2) is 7.29. The molecule has 0 spiro atoms. The van der Waals surface area contributed by atoms with Crippen LogP contribution in [0.3, 0.4) is 0 Å². The molecule has 1 aromatic carbocycles. The lowest BCUT2D eigenvalue weighted by Crippen LogP contribution is -2.29. The van der Waals surface area contributed by atoms with Gasteiger partial charge in [-0.05, 0) is 30.3 Å². The second-order valence-corrected chi connectivity index (χ2v) is 6.13. The van der Waals surface area contributed by atoms with Crippen LogP contribution in [-0.2, 0) is 6.54 Å². The SMILES string of the molecule is O=C(NCCn1cccc1)c1cn(-c2ccccn2)c(=O)c2ccccc12. The van der Waals surface area contributed by atoms with E-state index in [0.717, 1.165) is 0 Å². The maximum absolute atomic E-state index is 12.9. The molecule has 27 heavy (non-hydrogen) atoms. The molecule has 3 aromatic heterocycles. The van der Waals surface area contributed by atoms with Gasteiger partial charge in [-0.3, -0.25) is 14.2 Å². The van der Waals surface area contributed by atoms with Gasteiger partial charge in [0.1, 0.15) is 5.82 Å². The number of nitrogens with one attached hydrogen (secondary N) is 1. The van der Waals surface area contributed by atoms with E-state index < -0.39 is 0 Å². The lowest BCUT2D eigenvalue weighted by molar-refractivity contribution is 0.0953. The number of carbonyl (C=O) groups excluding carboxylic acids is 1. The van der Waals surface area contributed by atoms with Crippen LogP contribution in [0.5, 0.6) is 0 Å². The standard InChI is InChI=1S/C21H18N4O2/c26-20(23-11-14-24-12-5-6-13-24)18-15-25(19-9-3-4-10-22-19)21(27)17-8-2-1-7-16(17)18/h1-10,12-13,15H,11,14H2,(H,23,26). The minimum atomic E-state index is -0.219. The number of carbonyl (C=O) groups is 1. The molecule has 0 fully saturated rings. The van der Waals surface area contributed by atoms with Crippen molar-refractivity contribution < 1.29 is 4.79 Å². The quantitative estimate of drug-likeness (QED) is 0.596. The highest BCUT2D eigenvalue weighted by molar-refractivity contribution is 6.06. The average molecular weight is 358 g/mol. The molecule has 134 valence electrons. The third-order valence-electron chi connectivity index (χ3n) is 4.39. The fourth-order valence-corrected chi connectivity index (χ4v) is 3.05. The fraction of sp³-hybridized carbons (Fsp3) is 0.0952. The lowest BCUT2D eigenvalue weighted by Gasteiger charge is -2.12.